The van der Waals surface area contributed by atoms with Crippen molar-refractivity contribution in [3.05, 3.63) is 59.2 Å². The molecular weight excluding hydrogens is 234 g/mol. The molecule has 0 atom stereocenters. The van der Waals surface area contributed by atoms with Gasteiger partial charge in [0.2, 0.25) is 0 Å². The maximum Gasteiger partial charge on any atom is 0.144 e. The minimum absolute atomic E-state index is 0.327. The molecule has 2 aromatic rings. The van der Waals surface area contributed by atoms with E-state index >= 15 is 0 Å². The second-order valence-electron chi connectivity index (χ2n) is 3.62. The highest BCUT2D eigenvalue weighted by Crippen LogP contribution is 2.24. The van der Waals surface area contributed by atoms with Gasteiger partial charge >= 0.3 is 0 Å². The summed E-state index contributed by atoms with van der Waals surface area (Å²) in [5.74, 6) is -1.78. The number of halogens is 2. The Morgan fingerprint density at radius 3 is 1.78 bits per heavy atom. The van der Waals surface area contributed by atoms with Crippen LogP contribution in [0.15, 0.2) is 36.4 Å². The minimum atomic E-state index is -0.892. The van der Waals surface area contributed by atoms with Crippen molar-refractivity contribution in [2.24, 2.45) is 0 Å². The van der Waals surface area contributed by atoms with Crippen LogP contribution in [0.1, 0.15) is 11.1 Å². The molecule has 2 rings (SSSR count). The second kappa shape index (κ2) is 4.65. The largest absolute Gasteiger partial charge is 0.205 e. The van der Waals surface area contributed by atoms with E-state index in [-0.39, 0.29) is 0 Å². The molecule has 2 nitrogen and oxygen atoms in total. The van der Waals surface area contributed by atoms with Crippen LogP contribution < -0.4 is 0 Å². The Balaban J connectivity index is 2.52. The Hall–Kier alpha value is -2.72. The van der Waals surface area contributed by atoms with Crippen molar-refractivity contribution in [3.63, 3.8) is 0 Å². The summed E-state index contributed by atoms with van der Waals surface area (Å²) in [6.07, 6.45) is 0. The Kier molecular flexibility index (Phi) is 3.03. The number of hydrogen-bond acceptors (Lipinski definition) is 2. The zero-order valence-electron chi connectivity index (χ0n) is 9.11. The molecular formula is C14H6F2N2. The first-order valence-electron chi connectivity index (χ1n) is 5.05. The number of benzene rings is 2. The van der Waals surface area contributed by atoms with E-state index < -0.39 is 17.2 Å². The third-order valence-corrected chi connectivity index (χ3v) is 2.50. The van der Waals surface area contributed by atoms with Gasteiger partial charge in [0.1, 0.15) is 23.3 Å². The third-order valence-electron chi connectivity index (χ3n) is 2.50. The van der Waals surface area contributed by atoms with Crippen LogP contribution in [0, 0.1) is 34.3 Å². The van der Waals surface area contributed by atoms with Crippen LogP contribution in [0.25, 0.3) is 11.1 Å². The average Bonchev–Trinajstić information content (AvgIpc) is 2.38. The molecule has 4 heteroatoms. The van der Waals surface area contributed by atoms with E-state index in [1.54, 1.807) is 24.3 Å². The first-order chi connectivity index (χ1) is 8.65. The SMILES string of the molecule is N#Cc1ccc(-c2cc(F)c(C#N)c(F)c2)cc1. The molecule has 0 radical (unpaired) electrons. The van der Waals surface area contributed by atoms with E-state index in [9.17, 15) is 8.78 Å². The highest BCUT2D eigenvalue weighted by atomic mass is 19.1. The first kappa shape index (κ1) is 11.8. The van der Waals surface area contributed by atoms with Gasteiger partial charge in [-0.25, -0.2) is 8.78 Å². The van der Waals surface area contributed by atoms with Crippen molar-refractivity contribution in [1.82, 2.24) is 0 Å². The molecule has 0 saturated heterocycles. The molecule has 0 bridgehead atoms. The van der Waals surface area contributed by atoms with E-state index in [1.807, 2.05) is 6.07 Å². The molecule has 0 aromatic heterocycles. The Bertz CT molecular complexity index is 653. The van der Waals surface area contributed by atoms with E-state index in [1.165, 1.54) is 6.07 Å². The van der Waals surface area contributed by atoms with Gasteiger partial charge < -0.3 is 0 Å². The maximum absolute atomic E-state index is 13.4. The number of nitrogens with zero attached hydrogens (tertiary/aromatic N) is 2. The summed E-state index contributed by atoms with van der Waals surface area (Å²) in [7, 11) is 0. The van der Waals surface area contributed by atoms with Gasteiger partial charge in [-0.15, -0.1) is 0 Å². The lowest BCUT2D eigenvalue weighted by Gasteiger charge is -2.04. The summed E-state index contributed by atoms with van der Waals surface area (Å²) in [6, 6.07) is 11.9. The van der Waals surface area contributed by atoms with Gasteiger partial charge in [-0.05, 0) is 35.4 Å². The fraction of sp³-hybridized carbons (Fsp3) is 0. The molecule has 2 aromatic carbocycles. The minimum Gasteiger partial charge on any atom is -0.205 e. The van der Waals surface area contributed by atoms with Crippen molar-refractivity contribution in [2.75, 3.05) is 0 Å². The fourth-order valence-electron chi connectivity index (χ4n) is 1.58. The van der Waals surface area contributed by atoms with Crippen LogP contribution in [0.4, 0.5) is 8.78 Å². The summed E-state index contributed by atoms with van der Waals surface area (Å²) >= 11 is 0. The van der Waals surface area contributed by atoms with Crippen LogP contribution in [0.2, 0.25) is 0 Å². The molecule has 0 aliphatic heterocycles. The predicted molar refractivity (Wildman–Crippen MR) is 61.2 cm³/mol. The molecule has 0 aliphatic rings. The second-order valence-corrected chi connectivity index (χ2v) is 3.62. The van der Waals surface area contributed by atoms with Crippen LogP contribution in [-0.4, -0.2) is 0 Å². The molecule has 0 fully saturated rings. The van der Waals surface area contributed by atoms with E-state index in [0.29, 0.717) is 16.7 Å². The number of nitriles is 2. The predicted octanol–water partition coefficient (Wildman–Crippen LogP) is 3.38. The average molecular weight is 240 g/mol. The van der Waals surface area contributed by atoms with E-state index in [4.69, 9.17) is 10.5 Å². The maximum atomic E-state index is 13.4. The smallest absolute Gasteiger partial charge is 0.144 e. The summed E-state index contributed by atoms with van der Waals surface area (Å²) in [5.41, 5.74) is 0.783. The molecule has 0 unspecified atom stereocenters. The monoisotopic (exact) mass is 240 g/mol. The molecule has 18 heavy (non-hydrogen) atoms. The highest BCUT2D eigenvalue weighted by molar-refractivity contribution is 5.65. The summed E-state index contributed by atoms with van der Waals surface area (Å²) in [5, 5.41) is 17.2. The van der Waals surface area contributed by atoms with Gasteiger partial charge in [-0.2, -0.15) is 10.5 Å². The molecule has 86 valence electrons. The first-order valence-corrected chi connectivity index (χ1v) is 5.05. The topological polar surface area (TPSA) is 47.6 Å². The Morgan fingerprint density at radius 1 is 0.778 bits per heavy atom. The van der Waals surface area contributed by atoms with Gasteiger partial charge in [0, 0.05) is 0 Å². The summed E-state index contributed by atoms with van der Waals surface area (Å²) in [4.78, 5) is 0. The van der Waals surface area contributed by atoms with Crippen LogP contribution in [-0.2, 0) is 0 Å². The third kappa shape index (κ3) is 2.05. The van der Waals surface area contributed by atoms with E-state index in [2.05, 4.69) is 0 Å². The number of hydrogen-bond donors (Lipinski definition) is 0. The number of rotatable bonds is 1. The molecule has 0 heterocycles. The van der Waals surface area contributed by atoms with Crippen molar-refractivity contribution in [1.29, 1.82) is 10.5 Å². The lowest BCUT2D eigenvalue weighted by molar-refractivity contribution is 0.577. The van der Waals surface area contributed by atoms with Crippen LogP contribution >= 0.6 is 0 Å². The van der Waals surface area contributed by atoms with E-state index in [0.717, 1.165) is 12.1 Å². The van der Waals surface area contributed by atoms with Crippen LogP contribution in [0.3, 0.4) is 0 Å². The molecule has 0 spiro atoms. The van der Waals surface area contributed by atoms with Crippen molar-refractivity contribution in [2.45, 2.75) is 0 Å². The van der Waals surface area contributed by atoms with Crippen molar-refractivity contribution in [3.8, 4) is 23.3 Å². The standard InChI is InChI=1S/C14H6F2N2/c15-13-5-11(6-14(16)12(13)8-18)10-3-1-9(7-17)2-4-10/h1-6H. The van der Waals surface area contributed by atoms with Gasteiger partial charge in [0.05, 0.1) is 11.6 Å². The lowest BCUT2D eigenvalue weighted by Crippen LogP contribution is -1.91. The van der Waals surface area contributed by atoms with Gasteiger partial charge in [-0.3, -0.25) is 0 Å². The fourth-order valence-corrected chi connectivity index (χ4v) is 1.58. The molecule has 0 saturated carbocycles. The van der Waals surface area contributed by atoms with Crippen molar-refractivity contribution < 1.29 is 8.78 Å². The molecule has 0 aliphatic carbocycles. The normalized spacial score (nSPS) is 9.56. The van der Waals surface area contributed by atoms with Crippen molar-refractivity contribution >= 4 is 0 Å². The van der Waals surface area contributed by atoms with Gasteiger partial charge in [0.25, 0.3) is 0 Å². The zero-order valence-corrected chi connectivity index (χ0v) is 9.11. The molecule has 0 N–H and O–H groups in total. The Labute approximate surface area is 102 Å². The summed E-state index contributed by atoms with van der Waals surface area (Å²) < 4.78 is 26.9. The van der Waals surface area contributed by atoms with Gasteiger partial charge in [-0.1, -0.05) is 12.1 Å². The lowest BCUT2D eigenvalue weighted by atomic mass is 10.0. The highest BCUT2D eigenvalue weighted by Gasteiger charge is 2.11. The molecule has 0 amide bonds. The van der Waals surface area contributed by atoms with Gasteiger partial charge in [0.15, 0.2) is 0 Å². The summed E-state index contributed by atoms with van der Waals surface area (Å²) in [6.45, 7) is 0. The zero-order chi connectivity index (χ0) is 13.1. The Morgan fingerprint density at radius 2 is 1.33 bits per heavy atom. The van der Waals surface area contributed by atoms with Crippen LogP contribution in [0.5, 0.6) is 0 Å². The quantitative estimate of drug-likeness (QED) is 0.767.